The SMILES string of the molecule is C[C@H]1C[C@H](C)CN(C(=O)c2ccc(NC(=O)c3ccccc3)cc2)C1. The average Bonchev–Trinajstić information content (AvgIpc) is 2.61. The van der Waals surface area contributed by atoms with Crippen molar-refractivity contribution in [2.75, 3.05) is 18.4 Å². The zero-order valence-electron chi connectivity index (χ0n) is 14.7. The Morgan fingerprint density at radius 1 is 0.880 bits per heavy atom. The number of amides is 2. The van der Waals surface area contributed by atoms with Crippen molar-refractivity contribution in [1.29, 1.82) is 0 Å². The van der Waals surface area contributed by atoms with Crippen molar-refractivity contribution < 1.29 is 9.59 Å². The van der Waals surface area contributed by atoms with Gasteiger partial charge in [0.1, 0.15) is 0 Å². The van der Waals surface area contributed by atoms with Crippen LogP contribution in [0, 0.1) is 11.8 Å². The van der Waals surface area contributed by atoms with E-state index in [2.05, 4.69) is 19.2 Å². The smallest absolute Gasteiger partial charge is 0.255 e. The van der Waals surface area contributed by atoms with Crippen molar-refractivity contribution in [2.45, 2.75) is 20.3 Å². The molecule has 2 amide bonds. The summed E-state index contributed by atoms with van der Waals surface area (Å²) in [5.74, 6) is 0.993. The van der Waals surface area contributed by atoms with Gasteiger partial charge in [-0.05, 0) is 54.7 Å². The highest BCUT2D eigenvalue weighted by Gasteiger charge is 2.26. The Labute approximate surface area is 148 Å². The lowest BCUT2D eigenvalue weighted by molar-refractivity contribution is 0.0623. The maximum atomic E-state index is 12.7. The highest BCUT2D eigenvalue weighted by molar-refractivity contribution is 6.04. The van der Waals surface area contributed by atoms with Crippen LogP contribution in [0.3, 0.4) is 0 Å². The molecule has 2 aromatic carbocycles. The van der Waals surface area contributed by atoms with Crippen LogP contribution in [0.15, 0.2) is 54.6 Å². The van der Waals surface area contributed by atoms with Crippen LogP contribution in [-0.2, 0) is 0 Å². The van der Waals surface area contributed by atoms with Crippen molar-refractivity contribution in [3.8, 4) is 0 Å². The third-order valence-electron chi connectivity index (χ3n) is 4.58. The predicted octanol–water partition coefficient (Wildman–Crippen LogP) is 4.06. The Morgan fingerprint density at radius 2 is 1.48 bits per heavy atom. The van der Waals surface area contributed by atoms with Gasteiger partial charge in [-0.15, -0.1) is 0 Å². The van der Waals surface area contributed by atoms with E-state index in [0.717, 1.165) is 13.1 Å². The van der Waals surface area contributed by atoms with Gasteiger partial charge in [0.05, 0.1) is 0 Å². The van der Waals surface area contributed by atoms with Crippen molar-refractivity contribution >= 4 is 17.5 Å². The van der Waals surface area contributed by atoms with E-state index in [0.29, 0.717) is 28.7 Å². The highest BCUT2D eigenvalue weighted by atomic mass is 16.2. The summed E-state index contributed by atoms with van der Waals surface area (Å²) >= 11 is 0. The second-order valence-corrected chi connectivity index (χ2v) is 7.05. The summed E-state index contributed by atoms with van der Waals surface area (Å²) < 4.78 is 0. The number of hydrogen-bond donors (Lipinski definition) is 1. The molecule has 1 aliphatic heterocycles. The quantitative estimate of drug-likeness (QED) is 0.919. The number of likely N-dealkylation sites (tertiary alicyclic amines) is 1. The number of nitrogens with one attached hydrogen (secondary N) is 1. The standard InChI is InChI=1S/C21H24N2O2/c1-15-12-16(2)14-23(13-15)21(25)18-8-10-19(11-9-18)22-20(24)17-6-4-3-5-7-17/h3-11,15-16H,12-14H2,1-2H3,(H,22,24)/t15-,16-/m0/s1. The number of benzene rings is 2. The summed E-state index contributed by atoms with van der Waals surface area (Å²) in [6.07, 6.45) is 1.17. The molecule has 130 valence electrons. The second-order valence-electron chi connectivity index (χ2n) is 7.05. The van der Waals surface area contributed by atoms with Crippen LogP contribution in [0.4, 0.5) is 5.69 Å². The van der Waals surface area contributed by atoms with Crippen LogP contribution in [0.25, 0.3) is 0 Å². The van der Waals surface area contributed by atoms with E-state index < -0.39 is 0 Å². The minimum atomic E-state index is -0.154. The van der Waals surface area contributed by atoms with Gasteiger partial charge < -0.3 is 10.2 Å². The first kappa shape index (κ1) is 17.2. The lowest BCUT2D eigenvalue weighted by atomic mass is 9.91. The summed E-state index contributed by atoms with van der Waals surface area (Å²) in [7, 11) is 0. The number of nitrogens with zero attached hydrogens (tertiary/aromatic N) is 1. The normalized spacial score (nSPS) is 20.2. The van der Waals surface area contributed by atoms with E-state index in [1.807, 2.05) is 23.1 Å². The predicted molar refractivity (Wildman–Crippen MR) is 99.7 cm³/mol. The largest absolute Gasteiger partial charge is 0.338 e. The monoisotopic (exact) mass is 336 g/mol. The molecular formula is C21H24N2O2. The Morgan fingerprint density at radius 3 is 2.08 bits per heavy atom. The molecule has 1 fully saturated rings. The Hall–Kier alpha value is -2.62. The summed E-state index contributed by atoms with van der Waals surface area (Å²) in [4.78, 5) is 26.8. The van der Waals surface area contributed by atoms with E-state index in [1.54, 1.807) is 36.4 Å². The number of hydrogen-bond acceptors (Lipinski definition) is 2. The third-order valence-corrected chi connectivity index (χ3v) is 4.58. The van der Waals surface area contributed by atoms with Gasteiger partial charge in [-0.1, -0.05) is 32.0 Å². The van der Waals surface area contributed by atoms with E-state index in [1.165, 1.54) is 6.42 Å². The maximum Gasteiger partial charge on any atom is 0.255 e. The second kappa shape index (κ2) is 7.51. The highest BCUT2D eigenvalue weighted by Crippen LogP contribution is 2.23. The molecule has 25 heavy (non-hydrogen) atoms. The van der Waals surface area contributed by atoms with Crippen LogP contribution < -0.4 is 5.32 Å². The molecule has 0 unspecified atom stereocenters. The van der Waals surface area contributed by atoms with Gasteiger partial charge in [-0.25, -0.2) is 0 Å². The van der Waals surface area contributed by atoms with Crippen LogP contribution in [0.1, 0.15) is 41.0 Å². The Bertz CT molecular complexity index is 730. The molecule has 0 radical (unpaired) electrons. The molecule has 4 heteroatoms. The van der Waals surface area contributed by atoms with Crippen LogP contribution in [0.5, 0.6) is 0 Å². The molecule has 2 aromatic rings. The number of anilines is 1. The van der Waals surface area contributed by atoms with E-state index >= 15 is 0 Å². The topological polar surface area (TPSA) is 49.4 Å². The van der Waals surface area contributed by atoms with Gasteiger partial charge in [-0.2, -0.15) is 0 Å². The fraction of sp³-hybridized carbons (Fsp3) is 0.333. The molecule has 1 heterocycles. The average molecular weight is 336 g/mol. The minimum absolute atomic E-state index is 0.0688. The zero-order valence-corrected chi connectivity index (χ0v) is 14.7. The molecular weight excluding hydrogens is 312 g/mol. The minimum Gasteiger partial charge on any atom is -0.338 e. The number of carbonyl (C=O) groups excluding carboxylic acids is 2. The van der Waals surface area contributed by atoms with Gasteiger partial charge in [0.25, 0.3) is 11.8 Å². The fourth-order valence-corrected chi connectivity index (χ4v) is 3.50. The van der Waals surface area contributed by atoms with Crippen LogP contribution in [0.2, 0.25) is 0 Å². The van der Waals surface area contributed by atoms with Gasteiger partial charge in [0.15, 0.2) is 0 Å². The van der Waals surface area contributed by atoms with Crippen molar-refractivity contribution in [3.05, 3.63) is 65.7 Å². The van der Waals surface area contributed by atoms with Crippen molar-refractivity contribution in [2.24, 2.45) is 11.8 Å². The first-order valence-corrected chi connectivity index (χ1v) is 8.78. The van der Waals surface area contributed by atoms with E-state index in [-0.39, 0.29) is 11.8 Å². The molecule has 1 N–H and O–H groups in total. The molecule has 2 atom stereocenters. The number of piperidine rings is 1. The Kier molecular flexibility index (Phi) is 5.17. The van der Waals surface area contributed by atoms with E-state index in [9.17, 15) is 9.59 Å². The Balaban J connectivity index is 1.66. The molecule has 1 saturated heterocycles. The van der Waals surface area contributed by atoms with Crippen molar-refractivity contribution in [3.63, 3.8) is 0 Å². The van der Waals surface area contributed by atoms with Crippen LogP contribution in [-0.4, -0.2) is 29.8 Å². The van der Waals surface area contributed by atoms with Crippen molar-refractivity contribution in [1.82, 2.24) is 4.90 Å². The molecule has 0 aliphatic carbocycles. The van der Waals surface area contributed by atoms with E-state index in [4.69, 9.17) is 0 Å². The lowest BCUT2D eigenvalue weighted by Crippen LogP contribution is -2.42. The maximum absolute atomic E-state index is 12.7. The summed E-state index contributed by atoms with van der Waals surface area (Å²) in [5.41, 5.74) is 1.96. The summed E-state index contributed by atoms with van der Waals surface area (Å²) in [6, 6.07) is 16.2. The molecule has 4 nitrogen and oxygen atoms in total. The molecule has 1 aliphatic rings. The molecule has 0 bridgehead atoms. The van der Waals surface area contributed by atoms with Gasteiger partial charge in [-0.3, -0.25) is 9.59 Å². The fourth-order valence-electron chi connectivity index (χ4n) is 3.50. The number of rotatable bonds is 3. The van der Waals surface area contributed by atoms with Gasteiger partial charge in [0.2, 0.25) is 0 Å². The lowest BCUT2D eigenvalue weighted by Gasteiger charge is -2.35. The van der Waals surface area contributed by atoms with Crippen LogP contribution >= 0.6 is 0 Å². The molecule has 0 spiro atoms. The third kappa shape index (κ3) is 4.27. The van der Waals surface area contributed by atoms with Gasteiger partial charge in [0, 0.05) is 29.9 Å². The first-order chi connectivity index (χ1) is 12.0. The molecule has 0 saturated carbocycles. The van der Waals surface area contributed by atoms with Gasteiger partial charge >= 0.3 is 0 Å². The first-order valence-electron chi connectivity index (χ1n) is 8.78. The molecule has 0 aromatic heterocycles. The zero-order chi connectivity index (χ0) is 17.8. The number of carbonyl (C=O) groups is 2. The molecule has 3 rings (SSSR count). The summed E-state index contributed by atoms with van der Waals surface area (Å²) in [5, 5.41) is 2.85. The summed E-state index contributed by atoms with van der Waals surface area (Å²) in [6.45, 7) is 6.02.